The first kappa shape index (κ1) is 17.1. The molecule has 4 nitrogen and oxygen atoms in total. The van der Waals surface area contributed by atoms with E-state index in [-0.39, 0.29) is 0 Å². The lowest BCUT2D eigenvalue weighted by Crippen LogP contribution is -2.42. The lowest BCUT2D eigenvalue weighted by Gasteiger charge is -2.23. The van der Waals surface area contributed by atoms with Crippen molar-refractivity contribution in [3.8, 4) is 0 Å². The second kappa shape index (κ2) is 9.00. The molecule has 1 N–H and O–H groups in total. The van der Waals surface area contributed by atoms with E-state index in [0.29, 0.717) is 11.7 Å². The van der Waals surface area contributed by atoms with Crippen LogP contribution in [0.5, 0.6) is 0 Å². The first-order valence-corrected chi connectivity index (χ1v) is 8.21. The first-order chi connectivity index (χ1) is 11.2. The third-order valence-corrected chi connectivity index (χ3v) is 3.81. The van der Waals surface area contributed by atoms with E-state index in [1.54, 1.807) is 6.20 Å². The van der Waals surface area contributed by atoms with Crippen LogP contribution in [0.3, 0.4) is 0 Å². The number of amidine groups is 1. The SMILES string of the molecule is CCN(CC)C(=S)NC(=NCc1ccccn1)c1ccccc1. The summed E-state index contributed by atoms with van der Waals surface area (Å²) in [5, 5.41) is 3.98. The van der Waals surface area contributed by atoms with Crippen LogP contribution in [0, 0.1) is 0 Å². The number of hydrogen-bond donors (Lipinski definition) is 1. The monoisotopic (exact) mass is 326 g/mol. The minimum atomic E-state index is 0.513. The van der Waals surface area contributed by atoms with Gasteiger partial charge >= 0.3 is 0 Å². The van der Waals surface area contributed by atoms with E-state index in [4.69, 9.17) is 12.2 Å². The minimum Gasteiger partial charge on any atom is -0.350 e. The maximum atomic E-state index is 5.50. The largest absolute Gasteiger partial charge is 0.350 e. The summed E-state index contributed by atoms with van der Waals surface area (Å²) in [6, 6.07) is 15.9. The van der Waals surface area contributed by atoms with Gasteiger partial charge in [0.05, 0.1) is 12.2 Å². The van der Waals surface area contributed by atoms with Crippen molar-refractivity contribution in [1.82, 2.24) is 15.2 Å². The third kappa shape index (κ3) is 5.14. The molecule has 0 aliphatic rings. The van der Waals surface area contributed by atoms with Gasteiger partial charge in [0.25, 0.3) is 0 Å². The smallest absolute Gasteiger partial charge is 0.174 e. The molecule has 0 amide bonds. The van der Waals surface area contributed by atoms with Crippen LogP contribution in [0.15, 0.2) is 59.7 Å². The zero-order valence-corrected chi connectivity index (χ0v) is 14.4. The predicted molar refractivity (Wildman–Crippen MR) is 99.6 cm³/mol. The fourth-order valence-corrected chi connectivity index (χ4v) is 2.50. The van der Waals surface area contributed by atoms with Crippen molar-refractivity contribution in [3.05, 3.63) is 66.0 Å². The normalized spacial score (nSPS) is 11.1. The minimum absolute atomic E-state index is 0.513. The second-order valence-electron chi connectivity index (χ2n) is 4.95. The summed E-state index contributed by atoms with van der Waals surface area (Å²) in [7, 11) is 0. The summed E-state index contributed by atoms with van der Waals surface area (Å²) in [5.74, 6) is 0.771. The molecule has 0 saturated heterocycles. The van der Waals surface area contributed by atoms with Gasteiger partial charge in [-0.15, -0.1) is 0 Å². The van der Waals surface area contributed by atoms with Crippen LogP contribution in [0.1, 0.15) is 25.1 Å². The molecular weight excluding hydrogens is 304 g/mol. The maximum absolute atomic E-state index is 5.50. The number of thiocarbonyl (C=S) groups is 1. The molecule has 0 saturated carbocycles. The van der Waals surface area contributed by atoms with Gasteiger partial charge in [0.1, 0.15) is 5.84 Å². The topological polar surface area (TPSA) is 40.5 Å². The van der Waals surface area contributed by atoms with Crippen molar-refractivity contribution in [3.63, 3.8) is 0 Å². The highest BCUT2D eigenvalue weighted by Gasteiger charge is 2.10. The fraction of sp³-hybridized carbons (Fsp3) is 0.278. The number of nitrogens with zero attached hydrogens (tertiary/aromatic N) is 3. The molecule has 0 aliphatic heterocycles. The van der Waals surface area contributed by atoms with Crippen molar-refractivity contribution >= 4 is 23.2 Å². The van der Waals surface area contributed by atoms with Gasteiger partial charge in [-0.2, -0.15) is 0 Å². The van der Waals surface area contributed by atoms with Crippen molar-refractivity contribution < 1.29 is 0 Å². The van der Waals surface area contributed by atoms with Crippen molar-refractivity contribution in [2.45, 2.75) is 20.4 Å². The summed E-state index contributed by atoms with van der Waals surface area (Å²) in [6.45, 7) is 6.42. The van der Waals surface area contributed by atoms with Gasteiger partial charge in [-0.05, 0) is 38.2 Å². The molecule has 5 heteroatoms. The van der Waals surface area contributed by atoms with Gasteiger partial charge in [0.15, 0.2) is 5.11 Å². The van der Waals surface area contributed by atoms with E-state index in [1.807, 2.05) is 48.5 Å². The van der Waals surface area contributed by atoms with Crippen LogP contribution in [-0.2, 0) is 6.54 Å². The summed E-state index contributed by atoms with van der Waals surface area (Å²) in [6.07, 6.45) is 1.78. The third-order valence-electron chi connectivity index (χ3n) is 3.45. The Morgan fingerprint density at radius 1 is 1.09 bits per heavy atom. The molecule has 1 aromatic heterocycles. The maximum Gasteiger partial charge on any atom is 0.174 e. The van der Waals surface area contributed by atoms with E-state index in [2.05, 4.69) is 34.0 Å². The van der Waals surface area contributed by atoms with Crippen molar-refractivity contribution in [1.29, 1.82) is 0 Å². The molecule has 2 rings (SSSR count). The lowest BCUT2D eigenvalue weighted by atomic mass is 10.2. The standard InChI is InChI=1S/C18H22N4S/c1-3-22(4-2)18(23)21-17(15-10-6-5-7-11-15)20-14-16-12-8-9-13-19-16/h5-13H,3-4,14H2,1-2H3,(H,20,21,23). The van der Waals surface area contributed by atoms with Crippen LogP contribution in [0.2, 0.25) is 0 Å². The van der Waals surface area contributed by atoms with E-state index in [9.17, 15) is 0 Å². The summed E-state index contributed by atoms with van der Waals surface area (Å²) in [4.78, 5) is 11.1. The average molecular weight is 326 g/mol. The van der Waals surface area contributed by atoms with Crippen LogP contribution in [-0.4, -0.2) is 33.9 Å². The Kier molecular flexibility index (Phi) is 6.69. The predicted octanol–water partition coefficient (Wildman–Crippen LogP) is 3.24. The molecule has 0 unspecified atom stereocenters. The number of pyridine rings is 1. The zero-order chi connectivity index (χ0) is 16.5. The molecule has 1 heterocycles. The van der Waals surface area contributed by atoms with E-state index in [0.717, 1.165) is 30.2 Å². The number of nitrogens with one attached hydrogen (secondary N) is 1. The van der Waals surface area contributed by atoms with E-state index < -0.39 is 0 Å². The number of aromatic nitrogens is 1. The Morgan fingerprint density at radius 3 is 2.39 bits per heavy atom. The van der Waals surface area contributed by atoms with Crippen LogP contribution in [0.4, 0.5) is 0 Å². The first-order valence-electron chi connectivity index (χ1n) is 7.80. The molecule has 0 bridgehead atoms. The number of benzene rings is 1. The van der Waals surface area contributed by atoms with Gasteiger partial charge in [-0.1, -0.05) is 36.4 Å². The van der Waals surface area contributed by atoms with Gasteiger partial charge < -0.3 is 10.2 Å². The van der Waals surface area contributed by atoms with E-state index in [1.165, 1.54) is 0 Å². The van der Waals surface area contributed by atoms with Crippen LogP contribution < -0.4 is 5.32 Å². The van der Waals surface area contributed by atoms with Gasteiger partial charge in [0, 0.05) is 24.8 Å². The highest BCUT2D eigenvalue weighted by molar-refractivity contribution is 7.80. The Labute approximate surface area is 143 Å². The zero-order valence-electron chi connectivity index (χ0n) is 13.6. The number of hydrogen-bond acceptors (Lipinski definition) is 3. The molecule has 120 valence electrons. The van der Waals surface area contributed by atoms with E-state index >= 15 is 0 Å². The summed E-state index contributed by atoms with van der Waals surface area (Å²) in [5.41, 5.74) is 1.94. The molecule has 23 heavy (non-hydrogen) atoms. The molecule has 0 atom stereocenters. The molecule has 0 radical (unpaired) electrons. The highest BCUT2D eigenvalue weighted by atomic mass is 32.1. The van der Waals surface area contributed by atoms with Crippen LogP contribution in [0.25, 0.3) is 0 Å². The van der Waals surface area contributed by atoms with Gasteiger partial charge in [-0.3, -0.25) is 9.98 Å². The molecule has 0 fully saturated rings. The Bertz CT molecular complexity index is 637. The van der Waals surface area contributed by atoms with Gasteiger partial charge in [0.2, 0.25) is 0 Å². The summed E-state index contributed by atoms with van der Waals surface area (Å²) < 4.78 is 0. The Morgan fingerprint density at radius 2 is 1.78 bits per heavy atom. The quantitative estimate of drug-likeness (QED) is 0.520. The molecular formula is C18H22N4S. The summed E-state index contributed by atoms with van der Waals surface area (Å²) >= 11 is 5.50. The molecule has 0 aliphatic carbocycles. The average Bonchev–Trinajstić information content (AvgIpc) is 2.61. The highest BCUT2D eigenvalue weighted by Crippen LogP contribution is 2.04. The molecule has 2 aromatic rings. The van der Waals surface area contributed by atoms with Crippen LogP contribution >= 0.6 is 12.2 Å². The van der Waals surface area contributed by atoms with Gasteiger partial charge in [-0.25, -0.2) is 0 Å². The van der Waals surface area contributed by atoms with Crippen molar-refractivity contribution in [2.24, 2.45) is 4.99 Å². The number of rotatable bonds is 5. The lowest BCUT2D eigenvalue weighted by molar-refractivity contribution is 0.464. The fourth-order valence-electron chi connectivity index (χ4n) is 2.14. The van der Waals surface area contributed by atoms with Crippen molar-refractivity contribution in [2.75, 3.05) is 13.1 Å². The molecule has 0 spiro atoms. The second-order valence-corrected chi connectivity index (χ2v) is 5.34. The molecule has 1 aromatic carbocycles. The Hall–Kier alpha value is -2.27. The Balaban J connectivity index is 2.20. The number of aliphatic imine (C=N–C) groups is 1.